The van der Waals surface area contributed by atoms with Crippen LogP contribution in [-0.4, -0.2) is 41.3 Å². The number of carboxylic acid groups (broad SMARTS) is 1. The highest BCUT2D eigenvalue weighted by molar-refractivity contribution is 5.90. The topological polar surface area (TPSA) is 105 Å². The molecule has 2 amide bonds. The van der Waals surface area contributed by atoms with Gasteiger partial charge in [-0.25, -0.2) is 4.79 Å². The van der Waals surface area contributed by atoms with Gasteiger partial charge in [0.05, 0.1) is 6.42 Å². The zero-order chi connectivity index (χ0) is 24.9. The standard InChI is InChI=1S/C27H34N2O5/c1-5-27(6-2,25(32)28-23(17(3)4)15-24(30)31)29-26(33)34-16-22-20-13-9-7-11-18(20)19-12-8-10-14-21(19)22/h7-14,17,22-23H,5-6,15-16H2,1-4H3,(H,28,32)(H,29,33)(H,30,31)/t23-/m1/s1. The number of nitrogens with one attached hydrogen (secondary N) is 2. The largest absolute Gasteiger partial charge is 0.481 e. The average Bonchev–Trinajstić information content (AvgIpc) is 3.14. The minimum atomic E-state index is -1.19. The predicted octanol–water partition coefficient (Wildman–Crippen LogP) is 4.70. The van der Waals surface area contributed by atoms with E-state index in [1.54, 1.807) is 0 Å². The molecule has 0 radical (unpaired) electrons. The van der Waals surface area contributed by atoms with Crippen molar-refractivity contribution < 1.29 is 24.2 Å². The molecule has 0 saturated carbocycles. The lowest BCUT2D eigenvalue weighted by atomic mass is 9.90. The van der Waals surface area contributed by atoms with Crippen LogP contribution in [0.2, 0.25) is 0 Å². The van der Waals surface area contributed by atoms with Gasteiger partial charge in [0.2, 0.25) is 5.91 Å². The van der Waals surface area contributed by atoms with E-state index in [0.29, 0.717) is 12.8 Å². The molecular weight excluding hydrogens is 432 g/mol. The summed E-state index contributed by atoms with van der Waals surface area (Å²) in [6.07, 6.45) is -0.160. The van der Waals surface area contributed by atoms with Gasteiger partial charge in [-0.1, -0.05) is 76.2 Å². The van der Waals surface area contributed by atoms with Crippen LogP contribution in [0.15, 0.2) is 48.5 Å². The first-order chi connectivity index (χ1) is 16.2. The van der Waals surface area contributed by atoms with Crippen molar-refractivity contribution in [2.24, 2.45) is 5.92 Å². The van der Waals surface area contributed by atoms with Gasteiger partial charge in [-0.15, -0.1) is 0 Å². The fourth-order valence-electron chi connectivity index (χ4n) is 4.58. The normalized spacial score (nSPS) is 13.7. The molecule has 0 unspecified atom stereocenters. The second-order valence-corrected chi connectivity index (χ2v) is 9.16. The average molecular weight is 467 g/mol. The van der Waals surface area contributed by atoms with Crippen LogP contribution in [0.3, 0.4) is 0 Å². The van der Waals surface area contributed by atoms with Crippen molar-refractivity contribution in [1.29, 1.82) is 0 Å². The van der Waals surface area contributed by atoms with E-state index in [2.05, 4.69) is 22.8 Å². The SMILES string of the molecule is CCC(CC)(NC(=O)OCC1c2ccccc2-c2ccccc21)C(=O)N[C@H](CC(=O)O)C(C)C. The molecule has 1 aliphatic rings. The molecule has 0 bridgehead atoms. The Balaban J connectivity index is 1.71. The van der Waals surface area contributed by atoms with Gasteiger partial charge in [-0.05, 0) is 41.0 Å². The molecule has 0 heterocycles. The number of hydrogen-bond acceptors (Lipinski definition) is 4. The maximum Gasteiger partial charge on any atom is 0.408 e. The van der Waals surface area contributed by atoms with Crippen molar-refractivity contribution in [1.82, 2.24) is 10.6 Å². The Hall–Kier alpha value is -3.35. The van der Waals surface area contributed by atoms with Crippen molar-refractivity contribution in [3.63, 3.8) is 0 Å². The van der Waals surface area contributed by atoms with Gasteiger partial charge in [0, 0.05) is 12.0 Å². The molecule has 0 saturated heterocycles. The van der Waals surface area contributed by atoms with Crippen LogP contribution in [-0.2, 0) is 14.3 Å². The number of carbonyl (C=O) groups is 3. The summed E-state index contributed by atoms with van der Waals surface area (Å²) < 4.78 is 5.64. The summed E-state index contributed by atoms with van der Waals surface area (Å²) in [5.41, 5.74) is 3.32. The molecule has 3 N–H and O–H groups in total. The Morgan fingerprint density at radius 3 is 1.97 bits per heavy atom. The number of amides is 2. The highest BCUT2D eigenvalue weighted by atomic mass is 16.5. The number of benzene rings is 2. The number of alkyl carbamates (subject to hydrolysis) is 1. The van der Waals surface area contributed by atoms with Crippen LogP contribution in [0.1, 0.15) is 64.0 Å². The Kier molecular flexibility index (Phi) is 7.97. The molecule has 2 aromatic carbocycles. The Bertz CT molecular complexity index is 999. The van der Waals surface area contributed by atoms with E-state index in [-0.39, 0.29) is 24.9 Å². The third-order valence-corrected chi connectivity index (χ3v) is 6.84. The lowest BCUT2D eigenvalue weighted by molar-refractivity contribution is -0.138. The Morgan fingerprint density at radius 2 is 1.50 bits per heavy atom. The third kappa shape index (κ3) is 5.24. The molecule has 0 fully saturated rings. The van der Waals surface area contributed by atoms with Gasteiger partial charge < -0.3 is 20.5 Å². The first kappa shape index (κ1) is 25.3. The summed E-state index contributed by atoms with van der Waals surface area (Å²) in [5, 5.41) is 14.8. The number of carbonyl (C=O) groups excluding carboxylic acids is 2. The van der Waals surface area contributed by atoms with E-state index in [4.69, 9.17) is 4.74 Å². The Labute approximate surface area is 200 Å². The molecule has 182 valence electrons. The summed E-state index contributed by atoms with van der Waals surface area (Å²) >= 11 is 0. The number of hydrogen-bond donors (Lipinski definition) is 3. The number of carboxylic acids is 1. The van der Waals surface area contributed by atoms with E-state index in [1.807, 2.05) is 64.1 Å². The number of aliphatic carboxylic acids is 1. The summed E-state index contributed by atoms with van der Waals surface area (Å²) in [5.74, 6) is -1.53. The van der Waals surface area contributed by atoms with Gasteiger partial charge in [-0.2, -0.15) is 0 Å². The van der Waals surface area contributed by atoms with Crippen molar-refractivity contribution in [3.05, 3.63) is 59.7 Å². The van der Waals surface area contributed by atoms with Crippen LogP contribution in [0.4, 0.5) is 4.79 Å². The van der Waals surface area contributed by atoms with Gasteiger partial charge >= 0.3 is 12.1 Å². The molecule has 1 atom stereocenters. The predicted molar refractivity (Wildman–Crippen MR) is 131 cm³/mol. The Morgan fingerprint density at radius 1 is 0.971 bits per heavy atom. The second kappa shape index (κ2) is 10.7. The molecule has 0 aromatic heterocycles. The summed E-state index contributed by atoms with van der Waals surface area (Å²) in [6.45, 7) is 7.49. The van der Waals surface area contributed by atoms with Crippen LogP contribution >= 0.6 is 0 Å². The van der Waals surface area contributed by atoms with E-state index >= 15 is 0 Å². The first-order valence-corrected chi connectivity index (χ1v) is 11.9. The van der Waals surface area contributed by atoms with Crippen molar-refractivity contribution >= 4 is 18.0 Å². The lowest BCUT2D eigenvalue weighted by Crippen LogP contribution is -2.60. The van der Waals surface area contributed by atoms with Gasteiger partial charge in [0.1, 0.15) is 12.1 Å². The minimum Gasteiger partial charge on any atom is -0.481 e. The first-order valence-electron chi connectivity index (χ1n) is 11.9. The zero-order valence-corrected chi connectivity index (χ0v) is 20.3. The van der Waals surface area contributed by atoms with Gasteiger partial charge in [0.25, 0.3) is 0 Å². The maximum absolute atomic E-state index is 13.2. The van der Waals surface area contributed by atoms with Gasteiger partial charge in [0.15, 0.2) is 0 Å². The molecule has 2 aromatic rings. The van der Waals surface area contributed by atoms with Crippen LogP contribution in [0, 0.1) is 5.92 Å². The number of fused-ring (bicyclic) bond motifs is 3. The quantitative estimate of drug-likeness (QED) is 0.471. The molecular formula is C27H34N2O5. The second-order valence-electron chi connectivity index (χ2n) is 9.16. The number of ether oxygens (including phenoxy) is 1. The van der Waals surface area contributed by atoms with Crippen molar-refractivity contribution in [2.45, 2.75) is 64.5 Å². The highest BCUT2D eigenvalue weighted by Crippen LogP contribution is 2.44. The van der Waals surface area contributed by atoms with Crippen molar-refractivity contribution in [3.8, 4) is 11.1 Å². The molecule has 7 nitrogen and oxygen atoms in total. The monoisotopic (exact) mass is 466 g/mol. The minimum absolute atomic E-state index is 0.0686. The third-order valence-electron chi connectivity index (χ3n) is 6.84. The lowest BCUT2D eigenvalue weighted by Gasteiger charge is -2.33. The van der Waals surface area contributed by atoms with E-state index in [0.717, 1.165) is 22.3 Å². The van der Waals surface area contributed by atoms with Gasteiger partial charge in [-0.3, -0.25) is 9.59 Å². The fourth-order valence-corrected chi connectivity index (χ4v) is 4.58. The van der Waals surface area contributed by atoms with Crippen LogP contribution in [0.25, 0.3) is 11.1 Å². The summed E-state index contributed by atoms with van der Waals surface area (Å²) in [4.78, 5) is 37.2. The molecule has 7 heteroatoms. The molecule has 1 aliphatic carbocycles. The zero-order valence-electron chi connectivity index (χ0n) is 20.3. The van der Waals surface area contributed by atoms with Crippen LogP contribution in [0.5, 0.6) is 0 Å². The smallest absolute Gasteiger partial charge is 0.408 e. The van der Waals surface area contributed by atoms with Crippen molar-refractivity contribution in [2.75, 3.05) is 6.61 Å². The maximum atomic E-state index is 13.2. The summed E-state index contributed by atoms with van der Waals surface area (Å²) in [6, 6.07) is 15.6. The fraction of sp³-hybridized carbons (Fsp3) is 0.444. The van der Waals surface area contributed by atoms with E-state index in [1.165, 1.54) is 0 Å². The number of rotatable bonds is 10. The summed E-state index contributed by atoms with van der Waals surface area (Å²) in [7, 11) is 0. The van der Waals surface area contributed by atoms with E-state index < -0.39 is 29.6 Å². The molecule has 34 heavy (non-hydrogen) atoms. The molecule has 0 spiro atoms. The van der Waals surface area contributed by atoms with E-state index in [9.17, 15) is 19.5 Å². The highest BCUT2D eigenvalue weighted by Gasteiger charge is 2.39. The molecule has 0 aliphatic heterocycles. The van der Waals surface area contributed by atoms with Crippen LogP contribution < -0.4 is 10.6 Å². The molecule has 3 rings (SSSR count).